The minimum atomic E-state index is -0.193. The molecule has 3 nitrogen and oxygen atoms in total. The fourth-order valence-corrected chi connectivity index (χ4v) is 3.18. The van der Waals surface area contributed by atoms with Crippen LogP contribution in [0.3, 0.4) is 0 Å². The van der Waals surface area contributed by atoms with E-state index < -0.39 is 0 Å². The molecule has 3 heteroatoms. The third-order valence-corrected chi connectivity index (χ3v) is 4.55. The molecule has 0 amide bonds. The van der Waals surface area contributed by atoms with Crippen LogP contribution >= 0.6 is 0 Å². The van der Waals surface area contributed by atoms with E-state index in [1.54, 1.807) is 0 Å². The number of unbranched alkanes of at least 4 members (excludes halogenated alkanes) is 1. The lowest BCUT2D eigenvalue weighted by Gasteiger charge is -2.37. The highest BCUT2D eigenvalue weighted by Gasteiger charge is 2.25. The monoisotopic (exact) mass is 285 g/mol. The molecule has 1 aliphatic heterocycles. The molecule has 2 N–H and O–H groups in total. The lowest BCUT2D eigenvalue weighted by molar-refractivity contribution is 0.184. The van der Waals surface area contributed by atoms with E-state index in [-0.39, 0.29) is 5.41 Å². The van der Waals surface area contributed by atoms with Gasteiger partial charge in [0.25, 0.3) is 0 Å². The van der Waals surface area contributed by atoms with Crippen LogP contribution in [0.1, 0.15) is 50.3 Å². The first-order valence-electron chi connectivity index (χ1n) is 8.00. The Labute approximate surface area is 128 Å². The lowest BCUT2D eigenvalue weighted by Crippen LogP contribution is -2.39. The number of nitriles is 1. The first-order chi connectivity index (χ1) is 10.1. The van der Waals surface area contributed by atoms with Crippen LogP contribution < -0.4 is 5.73 Å². The van der Waals surface area contributed by atoms with Gasteiger partial charge in [0, 0.05) is 19.1 Å². The van der Waals surface area contributed by atoms with Crippen molar-refractivity contribution in [1.82, 2.24) is 4.90 Å². The van der Waals surface area contributed by atoms with Crippen molar-refractivity contribution in [2.24, 2.45) is 11.1 Å². The first-order valence-corrected chi connectivity index (χ1v) is 8.00. The zero-order valence-electron chi connectivity index (χ0n) is 13.3. The minimum absolute atomic E-state index is 0.193. The van der Waals surface area contributed by atoms with Gasteiger partial charge in [-0.15, -0.1) is 0 Å². The van der Waals surface area contributed by atoms with Crippen LogP contribution in [0.15, 0.2) is 24.3 Å². The number of hydrogen-bond acceptors (Lipinski definition) is 3. The fourth-order valence-electron chi connectivity index (χ4n) is 3.18. The molecule has 1 unspecified atom stereocenters. The first kappa shape index (κ1) is 16.0. The lowest BCUT2D eigenvalue weighted by atomic mass is 9.88. The van der Waals surface area contributed by atoms with Crippen molar-refractivity contribution >= 4 is 0 Å². The molecule has 1 heterocycles. The molecule has 0 radical (unpaired) electrons. The summed E-state index contributed by atoms with van der Waals surface area (Å²) in [5, 5.41) is 9.05. The molecule has 114 valence electrons. The highest BCUT2D eigenvalue weighted by Crippen LogP contribution is 2.29. The van der Waals surface area contributed by atoms with Crippen LogP contribution in [-0.4, -0.2) is 24.5 Å². The van der Waals surface area contributed by atoms with Gasteiger partial charge in [-0.05, 0) is 50.8 Å². The molecule has 1 atom stereocenters. The number of hydrogen-bond donors (Lipinski definition) is 1. The van der Waals surface area contributed by atoms with Crippen LogP contribution in [-0.2, 0) is 6.42 Å². The number of nitrogens with zero attached hydrogens (tertiary/aromatic N) is 2. The van der Waals surface area contributed by atoms with Gasteiger partial charge in [-0.2, -0.15) is 5.26 Å². The molecular weight excluding hydrogens is 258 g/mol. The van der Waals surface area contributed by atoms with Crippen molar-refractivity contribution in [3.8, 4) is 6.07 Å². The van der Waals surface area contributed by atoms with Crippen molar-refractivity contribution in [1.29, 1.82) is 5.26 Å². The second-order valence-corrected chi connectivity index (χ2v) is 6.69. The molecular formula is C18H27N3. The highest BCUT2D eigenvalue weighted by molar-refractivity contribution is 5.32. The van der Waals surface area contributed by atoms with Crippen molar-refractivity contribution < 1.29 is 0 Å². The summed E-state index contributed by atoms with van der Waals surface area (Å²) in [4.78, 5) is 2.52. The molecule has 0 saturated heterocycles. The van der Waals surface area contributed by atoms with Gasteiger partial charge >= 0.3 is 0 Å². The van der Waals surface area contributed by atoms with Gasteiger partial charge < -0.3 is 5.73 Å². The van der Waals surface area contributed by atoms with Gasteiger partial charge in [-0.1, -0.05) is 30.7 Å². The van der Waals surface area contributed by atoms with Gasteiger partial charge in [0.05, 0.1) is 11.5 Å². The summed E-state index contributed by atoms with van der Waals surface area (Å²) < 4.78 is 0. The summed E-state index contributed by atoms with van der Waals surface area (Å²) in [5.41, 5.74) is 8.69. The molecule has 21 heavy (non-hydrogen) atoms. The largest absolute Gasteiger partial charge is 0.329 e. The van der Waals surface area contributed by atoms with Crippen molar-refractivity contribution in [3.63, 3.8) is 0 Å². The molecule has 0 saturated carbocycles. The van der Waals surface area contributed by atoms with E-state index in [9.17, 15) is 0 Å². The minimum Gasteiger partial charge on any atom is -0.329 e. The summed E-state index contributed by atoms with van der Waals surface area (Å²) in [5.74, 6) is 0. The summed E-state index contributed by atoms with van der Waals surface area (Å²) >= 11 is 0. The summed E-state index contributed by atoms with van der Waals surface area (Å²) in [6.45, 7) is 6.90. The van der Waals surface area contributed by atoms with E-state index in [4.69, 9.17) is 11.0 Å². The predicted molar refractivity (Wildman–Crippen MR) is 86.8 cm³/mol. The summed E-state index contributed by atoms with van der Waals surface area (Å²) in [6, 6.07) is 11.4. The quantitative estimate of drug-likeness (QED) is 0.816. The van der Waals surface area contributed by atoms with E-state index in [0.29, 0.717) is 12.6 Å². The maximum Gasteiger partial charge on any atom is 0.0683 e. The Morgan fingerprint density at radius 3 is 2.81 bits per heavy atom. The van der Waals surface area contributed by atoms with Gasteiger partial charge in [0.2, 0.25) is 0 Å². The van der Waals surface area contributed by atoms with E-state index in [1.807, 2.05) is 13.8 Å². The zero-order valence-corrected chi connectivity index (χ0v) is 13.3. The van der Waals surface area contributed by atoms with E-state index in [0.717, 1.165) is 38.8 Å². The van der Waals surface area contributed by atoms with Gasteiger partial charge in [-0.3, -0.25) is 4.90 Å². The van der Waals surface area contributed by atoms with Crippen molar-refractivity contribution in [2.45, 2.75) is 45.6 Å². The normalized spacial score (nSPS) is 19.0. The molecule has 0 fully saturated rings. The number of rotatable bonds is 6. The summed E-state index contributed by atoms with van der Waals surface area (Å²) in [7, 11) is 0. The molecule has 2 rings (SSSR count). The van der Waals surface area contributed by atoms with Gasteiger partial charge in [0.15, 0.2) is 0 Å². The molecule has 0 aromatic heterocycles. The number of fused-ring (bicyclic) bond motifs is 1. The third kappa shape index (κ3) is 4.06. The Bertz CT molecular complexity index is 501. The molecule has 0 bridgehead atoms. The number of benzene rings is 1. The SMILES string of the molecule is CC(C)(C#N)CCCCN1CCc2ccccc2C1CN. The van der Waals surface area contributed by atoms with E-state index >= 15 is 0 Å². The Morgan fingerprint density at radius 1 is 1.33 bits per heavy atom. The maximum absolute atomic E-state index is 9.05. The predicted octanol–water partition coefficient (Wildman–Crippen LogP) is 3.26. The maximum atomic E-state index is 9.05. The molecule has 1 aromatic rings. The molecule has 0 spiro atoms. The Balaban J connectivity index is 1.89. The standard InChI is InChI=1S/C18H27N3/c1-18(2,14-20)10-5-6-11-21-12-9-15-7-3-4-8-16(15)17(21)13-19/h3-4,7-8,17H,5-6,9-13,19H2,1-2H3. The van der Waals surface area contributed by atoms with Crippen LogP contribution in [0.2, 0.25) is 0 Å². The second-order valence-electron chi connectivity index (χ2n) is 6.69. The second kappa shape index (κ2) is 7.06. The van der Waals surface area contributed by atoms with Gasteiger partial charge in [0.1, 0.15) is 0 Å². The van der Waals surface area contributed by atoms with E-state index in [1.165, 1.54) is 11.1 Å². The average Bonchev–Trinajstić information content (AvgIpc) is 2.51. The summed E-state index contributed by atoms with van der Waals surface area (Å²) in [6.07, 6.45) is 4.34. The Kier molecular flexibility index (Phi) is 5.39. The average molecular weight is 285 g/mol. The Hall–Kier alpha value is -1.37. The Morgan fingerprint density at radius 2 is 2.10 bits per heavy atom. The van der Waals surface area contributed by atoms with Crippen molar-refractivity contribution in [2.75, 3.05) is 19.6 Å². The molecule has 1 aromatic carbocycles. The van der Waals surface area contributed by atoms with Crippen LogP contribution in [0.25, 0.3) is 0 Å². The van der Waals surface area contributed by atoms with Crippen LogP contribution in [0.4, 0.5) is 0 Å². The van der Waals surface area contributed by atoms with E-state index in [2.05, 4.69) is 35.2 Å². The molecule has 0 aliphatic carbocycles. The van der Waals surface area contributed by atoms with Gasteiger partial charge in [-0.25, -0.2) is 0 Å². The highest BCUT2D eigenvalue weighted by atomic mass is 15.2. The fraction of sp³-hybridized carbons (Fsp3) is 0.611. The smallest absolute Gasteiger partial charge is 0.0683 e. The topological polar surface area (TPSA) is 53.0 Å². The molecule has 1 aliphatic rings. The van der Waals surface area contributed by atoms with Crippen LogP contribution in [0, 0.1) is 16.7 Å². The van der Waals surface area contributed by atoms with Crippen LogP contribution in [0.5, 0.6) is 0 Å². The third-order valence-electron chi connectivity index (χ3n) is 4.55. The number of nitrogens with two attached hydrogens (primary N) is 1. The zero-order chi connectivity index (χ0) is 15.3. The van der Waals surface area contributed by atoms with Crippen molar-refractivity contribution in [3.05, 3.63) is 35.4 Å².